The van der Waals surface area contributed by atoms with Gasteiger partial charge in [-0.3, -0.25) is 4.79 Å². The van der Waals surface area contributed by atoms with Gasteiger partial charge in [-0.25, -0.2) is 0 Å². The van der Waals surface area contributed by atoms with Crippen molar-refractivity contribution < 1.29 is 19.0 Å². The number of allylic oxidation sites excluding steroid dienone is 6. The van der Waals surface area contributed by atoms with Crippen molar-refractivity contribution in [3.8, 4) is 0 Å². The van der Waals surface area contributed by atoms with Gasteiger partial charge >= 0.3 is 5.97 Å². The molecule has 0 aromatic heterocycles. The Balaban J connectivity index is 1.66. The number of hydrogen-bond donors (Lipinski definition) is 0. The number of carbonyl (C=O) groups excluding carboxylic acids is 1. The molecule has 0 spiro atoms. The SMILES string of the molecule is C/C=C1\CC2CC(=O)OC(/C=C/C=C\C=C(/C)CC)CCCCCC3CCCC(CC(C1)O2)O3. The molecule has 3 heterocycles. The highest BCUT2D eigenvalue weighted by atomic mass is 16.5. The maximum atomic E-state index is 12.9. The largest absolute Gasteiger partial charge is 0.458 e. The molecule has 3 saturated heterocycles. The Hall–Kier alpha value is -1.65. The average molecular weight is 471 g/mol. The van der Waals surface area contributed by atoms with Crippen LogP contribution in [0.25, 0.3) is 0 Å². The van der Waals surface area contributed by atoms with Crippen molar-refractivity contribution in [2.24, 2.45) is 0 Å². The smallest absolute Gasteiger partial charge is 0.309 e. The first kappa shape index (κ1) is 26.9. The van der Waals surface area contributed by atoms with Crippen molar-refractivity contribution in [1.82, 2.24) is 0 Å². The lowest BCUT2D eigenvalue weighted by Crippen LogP contribution is -2.37. The fraction of sp³-hybridized carbons (Fsp3) is 0.700. The maximum Gasteiger partial charge on any atom is 0.309 e. The lowest BCUT2D eigenvalue weighted by Gasteiger charge is -2.36. The van der Waals surface area contributed by atoms with Gasteiger partial charge in [-0.05, 0) is 77.7 Å². The van der Waals surface area contributed by atoms with Gasteiger partial charge in [0.2, 0.25) is 0 Å². The Morgan fingerprint density at radius 3 is 2.41 bits per heavy atom. The third kappa shape index (κ3) is 9.54. The normalized spacial score (nSPS) is 34.0. The summed E-state index contributed by atoms with van der Waals surface area (Å²) in [5, 5.41) is 0. The number of ether oxygens (including phenoxy) is 3. The average Bonchev–Trinajstić information content (AvgIpc) is 2.82. The zero-order valence-electron chi connectivity index (χ0n) is 21.7. The van der Waals surface area contributed by atoms with E-state index in [9.17, 15) is 4.79 Å². The van der Waals surface area contributed by atoms with E-state index in [1.807, 2.05) is 18.2 Å². The molecule has 190 valence electrons. The molecular formula is C30H46O4. The summed E-state index contributed by atoms with van der Waals surface area (Å²) < 4.78 is 18.8. The molecule has 0 saturated carbocycles. The molecule has 0 amide bonds. The van der Waals surface area contributed by atoms with E-state index >= 15 is 0 Å². The minimum absolute atomic E-state index is 0.101. The third-order valence-corrected chi connectivity index (χ3v) is 7.41. The summed E-state index contributed by atoms with van der Waals surface area (Å²) in [6.45, 7) is 6.38. The van der Waals surface area contributed by atoms with Crippen LogP contribution in [0.2, 0.25) is 0 Å². The number of rotatable bonds is 4. The van der Waals surface area contributed by atoms with E-state index in [0.29, 0.717) is 18.6 Å². The van der Waals surface area contributed by atoms with Crippen molar-refractivity contribution in [2.75, 3.05) is 0 Å². The predicted molar refractivity (Wildman–Crippen MR) is 139 cm³/mol. The molecule has 0 aromatic carbocycles. The molecule has 0 radical (unpaired) electrons. The number of carbonyl (C=O) groups is 1. The van der Waals surface area contributed by atoms with Gasteiger partial charge in [0.25, 0.3) is 0 Å². The van der Waals surface area contributed by atoms with Gasteiger partial charge < -0.3 is 14.2 Å². The second kappa shape index (κ2) is 14.7. The van der Waals surface area contributed by atoms with Gasteiger partial charge in [-0.15, -0.1) is 0 Å². The molecule has 3 aliphatic heterocycles. The molecule has 3 rings (SSSR count). The lowest BCUT2D eigenvalue weighted by molar-refractivity contribution is -0.153. The minimum atomic E-state index is -0.183. The van der Waals surface area contributed by atoms with Crippen LogP contribution in [0.4, 0.5) is 0 Å². The lowest BCUT2D eigenvalue weighted by atomic mass is 9.90. The molecule has 34 heavy (non-hydrogen) atoms. The van der Waals surface area contributed by atoms with E-state index in [4.69, 9.17) is 14.2 Å². The molecule has 5 atom stereocenters. The highest BCUT2D eigenvalue weighted by molar-refractivity contribution is 5.70. The van der Waals surface area contributed by atoms with Gasteiger partial charge in [0.05, 0.1) is 30.8 Å². The molecule has 0 aromatic rings. The molecule has 4 heteroatoms. The van der Waals surface area contributed by atoms with Crippen LogP contribution in [0.5, 0.6) is 0 Å². The van der Waals surface area contributed by atoms with Crippen LogP contribution in [0.3, 0.4) is 0 Å². The van der Waals surface area contributed by atoms with Crippen LogP contribution in [-0.4, -0.2) is 36.5 Å². The number of hydrogen-bond acceptors (Lipinski definition) is 4. The first-order chi connectivity index (χ1) is 16.6. The molecule has 3 aliphatic rings. The molecule has 4 nitrogen and oxygen atoms in total. The van der Waals surface area contributed by atoms with Crippen LogP contribution in [0.1, 0.15) is 104 Å². The summed E-state index contributed by atoms with van der Waals surface area (Å²) >= 11 is 0. The molecule has 0 N–H and O–H groups in total. The molecular weight excluding hydrogens is 424 g/mol. The standard InChI is InChI=1S/C30H46O4/c1-4-23(3)13-8-6-9-15-26-16-11-7-10-14-25-17-12-18-27(32-25)21-28-19-24(5-2)20-29(33-28)22-30(31)34-26/h5-6,8-9,13,15,25-29H,4,7,10-12,14,16-22H2,1-3H3/b8-6-,15-9+,23-13+,24-5-. The van der Waals surface area contributed by atoms with Crippen LogP contribution < -0.4 is 0 Å². The monoisotopic (exact) mass is 470 g/mol. The van der Waals surface area contributed by atoms with E-state index in [1.165, 1.54) is 30.4 Å². The van der Waals surface area contributed by atoms with E-state index < -0.39 is 0 Å². The molecule has 5 unspecified atom stereocenters. The summed E-state index contributed by atoms with van der Waals surface area (Å²) in [5.41, 5.74) is 2.74. The number of fused-ring (bicyclic) bond motifs is 4. The Morgan fingerprint density at radius 1 is 0.853 bits per heavy atom. The summed E-state index contributed by atoms with van der Waals surface area (Å²) in [4.78, 5) is 12.9. The Morgan fingerprint density at radius 2 is 1.59 bits per heavy atom. The van der Waals surface area contributed by atoms with Crippen LogP contribution in [0.15, 0.2) is 47.6 Å². The van der Waals surface area contributed by atoms with Gasteiger partial charge in [-0.1, -0.05) is 61.3 Å². The zero-order chi connectivity index (χ0) is 24.2. The Labute approximate surface area is 207 Å². The zero-order valence-corrected chi connectivity index (χ0v) is 21.7. The van der Waals surface area contributed by atoms with E-state index in [1.54, 1.807) is 0 Å². The van der Waals surface area contributed by atoms with Gasteiger partial charge in [0, 0.05) is 6.42 Å². The fourth-order valence-corrected chi connectivity index (χ4v) is 5.27. The van der Waals surface area contributed by atoms with E-state index in [2.05, 4.69) is 39.0 Å². The summed E-state index contributed by atoms with van der Waals surface area (Å²) in [6.07, 6.45) is 26.0. The Kier molecular flexibility index (Phi) is 11.6. The quantitative estimate of drug-likeness (QED) is 0.242. The molecule has 4 bridgehead atoms. The first-order valence-electron chi connectivity index (χ1n) is 13.7. The van der Waals surface area contributed by atoms with Crippen molar-refractivity contribution in [3.05, 3.63) is 47.6 Å². The van der Waals surface area contributed by atoms with Crippen molar-refractivity contribution in [3.63, 3.8) is 0 Å². The number of esters is 1. The van der Waals surface area contributed by atoms with Crippen LogP contribution in [0, 0.1) is 0 Å². The topological polar surface area (TPSA) is 44.8 Å². The van der Waals surface area contributed by atoms with Gasteiger partial charge in [0.1, 0.15) is 6.10 Å². The predicted octanol–water partition coefficient (Wildman–Crippen LogP) is 7.54. The number of cyclic esters (lactones) is 1. The highest BCUT2D eigenvalue weighted by Gasteiger charge is 2.32. The first-order valence-corrected chi connectivity index (χ1v) is 13.7. The van der Waals surface area contributed by atoms with Crippen LogP contribution in [-0.2, 0) is 19.0 Å². The summed E-state index contributed by atoms with van der Waals surface area (Å²) in [7, 11) is 0. The van der Waals surface area contributed by atoms with Crippen LogP contribution >= 0.6 is 0 Å². The summed E-state index contributed by atoms with van der Waals surface area (Å²) in [5.74, 6) is -0.150. The van der Waals surface area contributed by atoms with Gasteiger partial charge in [0.15, 0.2) is 0 Å². The second-order valence-corrected chi connectivity index (χ2v) is 10.3. The third-order valence-electron chi connectivity index (χ3n) is 7.41. The minimum Gasteiger partial charge on any atom is -0.458 e. The van der Waals surface area contributed by atoms with E-state index in [-0.39, 0.29) is 24.3 Å². The van der Waals surface area contributed by atoms with Crippen molar-refractivity contribution in [1.29, 1.82) is 0 Å². The van der Waals surface area contributed by atoms with Gasteiger partial charge in [-0.2, -0.15) is 0 Å². The van der Waals surface area contributed by atoms with Crippen molar-refractivity contribution in [2.45, 2.75) is 135 Å². The van der Waals surface area contributed by atoms with E-state index in [0.717, 1.165) is 57.8 Å². The second-order valence-electron chi connectivity index (χ2n) is 10.3. The Bertz CT molecular complexity index is 747. The molecule has 3 fully saturated rings. The summed E-state index contributed by atoms with van der Waals surface area (Å²) in [6, 6.07) is 0. The molecule has 0 aliphatic carbocycles. The fourth-order valence-electron chi connectivity index (χ4n) is 5.27. The maximum absolute atomic E-state index is 12.9. The van der Waals surface area contributed by atoms with Crippen molar-refractivity contribution >= 4 is 5.97 Å². The highest BCUT2D eigenvalue weighted by Crippen LogP contribution is 2.33.